The molecule has 0 aromatic rings. The van der Waals surface area contributed by atoms with Crippen LogP contribution in [-0.2, 0) is 14.3 Å². The van der Waals surface area contributed by atoms with Crippen molar-refractivity contribution in [1.29, 1.82) is 0 Å². The molecule has 0 aliphatic carbocycles. The standard InChI is InChI=1S/C7H14O4.Cs/c1-4-10-5-11-7(2,3)6(8)9;/h4-5H2,1-3H3,(H,8,9);/q;+1/p-1. The van der Waals surface area contributed by atoms with Gasteiger partial charge in [0.2, 0.25) is 0 Å². The Labute approximate surface area is 131 Å². The molecule has 0 fully saturated rings. The maximum absolute atomic E-state index is 10.3. The van der Waals surface area contributed by atoms with E-state index in [1.54, 1.807) is 6.92 Å². The quantitative estimate of drug-likeness (QED) is 0.390. The van der Waals surface area contributed by atoms with Crippen LogP contribution in [0.25, 0.3) is 0 Å². The number of carboxylic acids is 1. The van der Waals surface area contributed by atoms with E-state index in [2.05, 4.69) is 0 Å². The molecule has 66 valence electrons. The summed E-state index contributed by atoms with van der Waals surface area (Å²) in [6.45, 7) is 5.12. The number of rotatable bonds is 5. The average Bonchev–Trinajstić information content (AvgIpc) is 1.88. The smallest absolute Gasteiger partial charge is 0.547 e. The first kappa shape index (κ1) is 15.9. The number of hydrogen-bond acceptors (Lipinski definition) is 4. The Kier molecular flexibility index (Phi) is 10.3. The molecule has 4 nitrogen and oxygen atoms in total. The van der Waals surface area contributed by atoms with Gasteiger partial charge >= 0.3 is 68.9 Å². The van der Waals surface area contributed by atoms with Gasteiger partial charge in [0.1, 0.15) is 12.4 Å². The van der Waals surface area contributed by atoms with E-state index in [1.165, 1.54) is 13.8 Å². The van der Waals surface area contributed by atoms with Gasteiger partial charge in [-0.25, -0.2) is 0 Å². The first-order valence-corrected chi connectivity index (χ1v) is 3.44. The van der Waals surface area contributed by atoms with Gasteiger partial charge in [-0.2, -0.15) is 0 Å². The molecule has 0 saturated heterocycles. The van der Waals surface area contributed by atoms with E-state index in [0.29, 0.717) is 6.61 Å². The van der Waals surface area contributed by atoms with E-state index in [0.717, 1.165) is 0 Å². The summed E-state index contributed by atoms with van der Waals surface area (Å²) in [6.07, 6.45) is 0. The topological polar surface area (TPSA) is 58.6 Å². The van der Waals surface area contributed by atoms with Crippen molar-refractivity contribution in [2.75, 3.05) is 13.4 Å². The van der Waals surface area contributed by atoms with Crippen LogP contribution in [0.4, 0.5) is 0 Å². The Bertz CT molecular complexity index is 135. The summed E-state index contributed by atoms with van der Waals surface area (Å²) in [5.74, 6) is -1.24. The van der Waals surface area contributed by atoms with Crippen molar-refractivity contribution in [3.05, 3.63) is 0 Å². The minimum atomic E-state index is -1.27. The number of carbonyl (C=O) groups excluding carboxylic acids is 1. The number of carboxylic acid groups (broad SMARTS) is 1. The molecule has 0 aromatic heterocycles. The van der Waals surface area contributed by atoms with Crippen molar-refractivity contribution in [3.8, 4) is 0 Å². The number of hydrogen-bond donors (Lipinski definition) is 0. The molecule has 0 saturated carbocycles. The third kappa shape index (κ3) is 6.90. The Balaban J connectivity index is 0. The van der Waals surface area contributed by atoms with Crippen molar-refractivity contribution in [2.45, 2.75) is 26.4 Å². The summed E-state index contributed by atoms with van der Waals surface area (Å²) in [5.41, 5.74) is -1.27. The molecule has 0 spiro atoms. The number of ether oxygens (including phenoxy) is 2. The van der Waals surface area contributed by atoms with Crippen LogP contribution in [0.2, 0.25) is 0 Å². The van der Waals surface area contributed by atoms with Gasteiger partial charge < -0.3 is 19.4 Å². The van der Waals surface area contributed by atoms with Gasteiger partial charge in [-0.1, -0.05) is 0 Å². The zero-order valence-corrected chi connectivity index (χ0v) is 14.3. The third-order valence-corrected chi connectivity index (χ3v) is 1.20. The molecule has 0 atom stereocenters. The predicted octanol–water partition coefficient (Wildman–Crippen LogP) is -3.47. The molecule has 12 heavy (non-hydrogen) atoms. The molecule has 0 aromatic carbocycles. The van der Waals surface area contributed by atoms with Crippen LogP contribution in [0, 0.1) is 0 Å². The first-order valence-electron chi connectivity index (χ1n) is 3.44. The van der Waals surface area contributed by atoms with Crippen LogP contribution in [0.5, 0.6) is 0 Å². The second-order valence-electron chi connectivity index (χ2n) is 2.55. The predicted molar refractivity (Wildman–Crippen MR) is 36.7 cm³/mol. The maximum Gasteiger partial charge on any atom is 1.00 e. The normalized spacial score (nSPS) is 10.6. The summed E-state index contributed by atoms with van der Waals surface area (Å²) < 4.78 is 9.65. The average molecular weight is 294 g/mol. The van der Waals surface area contributed by atoms with Crippen LogP contribution < -0.4 is 74.0 Å². The monoisotopic (exact) mass is 294 g/mol. The molecular formula is C7H13CsO4. The molecule has 0 aliphatic rings. The van der Waals surface area contributed by atoms with E-state index in [-0.39, 0.29) is 75.7 Å². The van der Waals surface area contributed by atoms with Gasteiger partial charge in [0.05, 0.1) is 5.97 Å². The Hall–Kier alpha value is 1.44. The van der Waals surface area contributed by atoms with Crippen molar-refractivity contribution in [3.63, 3.8) is 0 Å². The second kappa shape index (κ2) is 7.81. The summed E-state index contributed by atoms with van der Waals surface area (Å²) in [7, 11) is 0. The fourth-order valence-electron chi connectivity index (χ4n) is 0.331. The summed E-state index contributed by atoms with van der Waals surface area (Å²) in [5, 5.41) is 10.3. The van der Waals surface area contributed by atoms with Crippen molar-refractivity contribution < 1.29 is 88.3 Å². The van der Waals surface area contributed by atoms with Crippen LogP contribution in [-0.4, -0.2) is 25.0 Å². The van der Waals surface area contributed by atoms with Gasteiger partial charge in [0.15, 0.2) is 0 Å². The fraction of sp³-hybridized carbons (Fsp3) is 0.857. The SMILES string of the molecule is CCOCOC(C)(C)C(=O)[O-].[Cs+]. The molecule has 5 heteroatoms. The molecule has 0 radical (unpaired) electrons. The van der Waals surface area contributed by atoms with Crippen LogP contribution in [0.1, 0.15) is 20.8 Å². The first-order chi connectivity index (χ1) is 5.00. The van der Waals surface area contributed by atoms with Gasteiger partial charge in [-0.05, 0) is 20.8 Å². The molecule has 0 rings (SSSR count). The minimum Gasteiger partial charge on any atom is -0.547 e. The largest absolute Gasteiger partial charge is 1.00 e. The molecule has 0 aliphatic heterocycles. The summed E-state index contributed by atoms with van der Waals surface area (Å²) in [6, 6.07) is 0. The zero-order valence-electron chi connectivity index (χ0n) is 8.05. The Morgan fingerprint density at radius 2 is 2.00 bits per heavy atom. The summed E-state index contributed by atoms with van der Waals surface area (Å²) >= 11 is 0. The van der Waals surface area contributed by atoms with Gasteiger partial charge in [-0.15, -0.1) is 0 Å². The van der Waals surface area contributed by atoms with E-state index < -0.39 is 11.6 Å². The van der Waals surface area contributed by atoms with Crippen LogP contribution in [0.3, 0.4) is 0 Å². The molecule has 0 bridgehead atoms. The van der Waals surface area contributed by atoms with Gasteiger partial charge in [-0.3, -0.25) is 0 Å². The summed E-state index contributed by atoms with van der Waals surface area (Å²) in [4.78, 5) is 10.3. The van der Waals surface area contributed by atoms with E-state index in [4.69, 9.17) is 9.47 Å². The van der Waals surface area contributed by atoms with Gasteiger partial charge in [0.25, 0.3) is 0 Å². The van der Waals surface area contributed by atoms with Crippen molar-refractivity contribution >= 4 is 5.97 Å². The van der Waals surface area contributed by atoms with Crippen molar-refractivity contribution in [1.82, 2.24) is 0 Å². The number of aliphatic carboxylic acids is 1. The van der Waals surface area contributed by atoms with E-state index in [9.17, 15) is 9.90 Å². The molecule has 0 heterocycles. The molecule has 0 amide bonds. The Morgan fingerprint density at radius 3 is 2.33 bits per heavy atom. The molecule has 0 unspecified atom stereocenters. The third-order valence-electron chi connectivity index (χ3n) is 1.20. The Morgan fingerprint density at radius 1 is 1.50 bits per heavy atom. The fourth-order valence-corrected chi connectivity index (χ4v) is 0.331. The minimum absolute atomic E-state index is 0. The van der Waals surface area contributed by atoms with Crippen LogP contribution in [0.15, 0.2) is 0 Å². The second-order valence-corrected chi connectivity index (χ2v) is 2.55. The molecular weight excluding hydrogens is 281 g/mol. The number of carbonyl (C=O) groups is 1. The zero-order chi connectivity index (χ0) is 8.91. The molecule has 0 N–H and O–H groups in total. The van der Waals surface area contributed by atoms with E-state index >= 15 is 0 Å². The van der Waals surface area contributed by atoms with Crippen molar-refractivity contribution in [2.24, 2.45) is 0 Å². The van der Waals surface area contributed by atoms with Crippen LogP contribution >= 0.6 is 0 Å². The van der Waals surface area contributed by atoms with Gasteiger partial charge in [0, 0.05) is 6.61 Å². The maximum atomic E-state index is 10.3. The van der Waals surface area contributed by atoms with E-state index in [1.807, 2.05) is 0 Å².